The second-order valence-corrected chi connectivity index (χ2v) is 54.9. The SMILES string of the molecule is CC(C)c1cccc(C(C)C)c1S(=O)(=O)O.O=C(OCC12CC3CC(CC(C3)C1)C2)C(F)(F)S(=O)(=O)O.O=S(=O)(O)C(F)(F)C(F)(F)C(F)(F)S(=O)(=O)N1CCCCC1.O=S(=O)(O)c1c(C2CCCCC2)c(C2CCCCC2)cc(C2CCCCC2)c1C1CCCCC1.O=S(=O)(O)c1c(C2CCCCC2)cc(C2CCCCC2)cc1C1CCCCC1.O=S(=O)(O)c1cc(C2CCCCC2)ccc1C1CCCCC1. The Morgan fingerprint density at radius 1 is 0.343 bits per heavy atom. The number of hydrogen-bond acceptors (Lipinski definition) is 16. The molecule has 810 valence electrons. The first kappa shape index (κ1) is 117. The zero-order valence-corrected chi connectivity index (χ0v) is 89.3. The predicted molar refractivity (Wildman–Crippen MR) is 534 cm³/mol. The lowest BCUT2D eigenvalue weighted by Crippen LogP contribution is -2.63. The minimum absolute atomic E-state index is 0.0512. The molecular formula is C105H155F8NO22S7. The largest absolute Gasteiger partial charge is 0.465 e. The molecule has 13 saturated carbocycles. The fraction of sp³-hybridized carbons (Fsp3) is 0.762. The molecule has 0 atom stereocenters. The van der Waals surface area contributed by atoms with Crippen LogP contribution in [-0.2, 0) is 80.3 Å². The summed E-state index contributed by atoms with van der Waals surface area (Å²) in [6.07, 6.45) is 59.7. The number of ether oxygens (including phenoxy) is 1. The fourth-order valence-electron chi connectivity index (χ4n) is 26.9. The Kier molecular flexibility index (Phi) is 40.3. The minimum Gasteiger partial charge on any atom is -0.460 e. The van der Waals surface area contributed by atoms with Crippen molar-refractivity contribution < 1.29 is 131 Å². The van der Waals surface area contributed by atoms with Crippen molar-refractivity contribution in [2.75, 3.05) is 19.7 Å². The van der Waals surface area contributed by atoms with Crippen molar-refractivity contribution in [1.82, 2.24) is 4.31 Å². The van der Waals surface area contributed by atoms with Crippen molar-refractivity contribution in [1.29, 1.82) is 0 Å². The maximum absolute atomic E-state index is 13.6. The maximum Gasteiger partial charge on any atom is 0.465 e. The van der Waals surface area contributed by atoms with Gasteiger partial charge in [-0.25, -0.2) is 13.2 Å². The third-order valence-electron chi connectivity index (χ3n) is 33.7. The van der Waals surface area contributed by atoms with Gasteiger partial charge in [-0.15, -0.1) is 0 Å². The summed E-state index contributed by atoms with van der Waals surface area (Å²) in [5.41, 5.74) is 11.1. The standard InChI is InChI=1S/C30H46O3S.C24H36O3S.C18H26O3S.C13H18F2O5S.C12H18O3S.C8H11F6NO5S2/c31-34(32,33)30-28(24-17-9-3-10-18-24)26(22-13-5-1-6-14-22)21-27(23-15-7-2-8-16-23)29(30)25-19-11-4-12-20-25;25-28(26,27)24-22(19-12-6-2-7-13-19)16-21(18-10-4-1-5-11-18)17-23(24)20-14-8-3-9-15-20;19-22(20,21)18-13-16(14-7-3-1-4-8-14)11-12-17(18)15-9-5-2-6-10-15;14-13(15,21(17,18)19)11(16)20-7-12-4-8-1-9(5-12)3-10(2-8)6-12;1-8(2)10-6-5-7-11(9(3)4)12(10)16(13,14)15;9-6(10,8(13,14)22(18,19)20)7(11,12)21(16,17)15-4-2-1-3-5-15/h21-25H,1-20H2,(H,31,32,33);16-20H,1-15H2,(H,25,26,27);11-15H,1-10H2,(H,19,20,21);8-10H,1-7H2,(H,17,18,19);5-9H,1-4H3,(H,13,14,15);1-5H2,(H,18,19,20). The van der Waals surface area contributed by atoms with Gasteiger partial charge in [-0.05, 0) is 317 Å². The van der Waals surface area contributed by atoms with E-state index in [0.717, 1.165) is 162 Å². The van der Waals surface area contributed by atoms with Crippen LogP contribution in [0.4, 0.5) is 35.1 Å². The first-order valence-electron chi connectivity index (χ1n) is 53.3. The normalized spacial score (nSPS) is 24.1. The van der Waals surface area contributed by atoms with E-state index in [1.165, 1.54) is 216 Å². The number of nitrogens with zero attached hydrogens (tertiary/aromatic N) is 1. The summed E-state index contributed by atoms with van der Waals surface area (Å²) in [6.45, 7) is 6.28. The zero-order chi connectivity index (χ0) is 104. The lowest BCUT2D eigenvalue weighted by molar-refractivity contribution is -0.246. The van der Waals surface area contributed by atoms with Crippen molar-refractivity contribution in [2.45, 2.75) is 481 Å². The summed E-state index contributed by atoms with van der Waals surface area (Å²) in [4.78, 5) is 12.3. The molecule has 4 bridgehead atoms. The number of carbonyl (C=O) groups is 1. The van der Waals surface area contributed by atoms with E-state index in [1.807, 2.05) is 39.8 Å². The Morgan fingerprint density at radius 3 is 0.965 bits per heavy atom. The first-order chi connectivity index (χ1) is 67.1. The number of halogens is 8. The Bertz CT molecular complexity index is 5630. The van der Waals surface area contributed by atoms with E-state index in [4.69, 9.17) is 9.11 Å². The molecule has 13 aliphatic carbocycles. The Morgan fingerprint density at radius 2 is 0.650 bits per heavy atom. The monoisotopic (exact) mass is 2160 g/mol. The van der Waals surface area contributed by atoms with Crippen molar-refractivity contribution >= 4 is 76.7 Å². The van der Waals surface area contributed by atoms with Gasteiger partial charge in [0.05, 0.1) is 11.5 Å². The van der Waals surface area contributed by atoms with Crippen LogP contribution in [0.3, 0.4) is 0 Å². The molecule has 18 rings (SSSR count). The highest BCUT2D eigenvalue weighted by Gasteiger charge is 2.83. The highest BCUT2D eigenvalue weighted by atomic mass is 32.2. The first-order valence-corrected chi connectivity index (χ1v) is 63.3. The summed E-state index contributed by atoms with van der Waals surface area (Å²) in [5.74, 6) is -3.82. The molecule has 0 amide bonds. The average Bonchev–Trinajstić information content (AvgIpc) is 0.709. The van der Waals surface area contributed by atoms with E-state index < -0.39 is 111 Å². The molecule has 0 unspecified atom stereocenters. The number of carbonyl (C=O) groups excluding carboxylic acids is 1. The van der Waals surface area contributed by atoms with E-state index in [9.17, 15) is 117 Å². The molecule has 143 heavy (non-hydrogen) atoms. The predicted octanol–water partition coefficient (Wildman–Crippen LogP) is 28.1. The van der Waals surface area contributed by atoms with Gasteiger partial charge in [0.1, 0.15) is 14.7 Å². The van der Waals surface area contributed by atoms with Crippen LogP contribution in [0.2, 0.25) is 0 Å². The highest BCUT2D eigenvalue weighted by Crippen LogP contribution is 2.61. The number of alkyl halides is 8. The second kappa shape index (κ2) is 49.3. The van der Waals surface area contributed by atoms with Gasteiger partial charge in [0, 0.05) is 18.5 Å². The molecule has 1 heterocycles. The van der Waals surface area contributed by atoms with Crippen LogP contribution < -0.4 is 0 Å². The summed E-state index contributed by atoms with van der Waals surface area (Å²) in [6, 6.07) is 18.1. The fourth-order valence-corrected chi connectivity index (χ4v) is 33.4. The lowest BCUT2D eigenvalue weighted by atomic mass is 9.50. The van der Waals surface area contributed by atoms with E-state index >= 15 is 0 Å². The summed E-state index contributed by atoms with van der Waals surface area (Å²) in [7, 11) is -35.8. The molecule has 14 fully saturated rings. The molecule has 0 spiro atoms. The smallest absolute Gasteiger partial charge is 0.460 e. The van der Waals surface area contributed by atoms with Gasteiger partial charge in [0.25, 0.3) is 50.5 Å². The number of hydrogen-bond donors (Lipinski definition) is 6. The van der Waals surface area contributed by atoms with Gasteiger partial charge in [-0.3, -0.25) is 27.3 Å². The Hall–Kier alpha value is -4.84. The molecule has 1 saturated heterocycles. The van der Waals surface area contributed by atoms with E-state index in [2.05, 4.69) is 29.0 Å². The van der Waals surface area contributed by atoms with Gasteiger partial charge in [0.2, 0.25) is 0 Å². The minimum atomic E-state index is -6.98. The van der Waals surface area contributed by atoms with Gasteiger partial charge < -0.3 is 4.74 Å². The van der Waals surface area contributed by atoms with Crippen LogP contribution in [0.25, 0.3) is 0 Å². The maximum atomic E-state index is 13.6. The van der Waals surface area contributed by atoms with Gasteiger partial charge in [-0.1, -0.05) is 256 Å². The van der Waals surface area contributed by atoms with Crippen molar-refractivity contribution in [3.8, 4) is 0 Å². The second-order valence-electron chi connectivity index (χ2n) is 44.6. The Balaban J connectivity index is 0.000000156. The van der Waals surface area contributed by atoms with Crippen LogP contribution in [-0.4, -0.2) is 138 Å². The van der Waals surface area contributed by atoms with Crippen molar-refractivity contribution in [3.05, 3.63) is 116 Å². The topological polar surface area (TPSA) is 390 Å². The van der Waals surface area contributed by atoms with E-state index in [0.29, 0.717) is 80.6 Å². The number of sulfonamides is 1. The zero-order valence-electron chi connectivity index (χ0n) is 83.6. The van der Waals surface area contributed by atoms with Gasteiger partial charge >= 0.3 is 47.9 Å². The van der Waals surface area contributed by atoms with Crippen LogP contribution in [0, 0.1) is 23.2 Å². The summed E-state index contributed by atoms with van der Waals surface area (Å²) in [5, 5.41) is -18.0. The van der Waals surface area contributed by atoms with E-state index in [1.54, 1.807) is 18.2 Å². The molecule has 38 heteroatoms. The average molecular weight is 2160 g/mol. The van der Waals surface area contributed by atoms with Crippen molar-refractivity contribution in [3.63, 3.8) is 0 Å². The number of benzene rings is 4. The van der Waals surface area contributed by atoms with Crippen molar-refractivity contribution in [2.24, 2.45) is 23.2 Å². The quantitative estimate of drug-likeness (QED) is 0.0215. The number of esters is 1. The summed E-state index contributed by atoms with van der Waals surface area (Å²) >= 11 is 0. The van der Waals surface area contributed by atoms with Gasteiger partial charge in [-0.2, -0.15) is 89.9 Å². The molecule has 4 aromatic carbocycles. The van der Waals surface area contributed by atoms with E-state index in [-0.39, 0.29) is 68.5 Å². The third kappa shape index (κ3) is 28.6. The van der Waals surface area contributed by atoms with Gasteiger partial charge in [0.15, 0.2) is 0 Å². The van der Waals surface area contributed by atoms with Crippen LogP contribution in [0.5, 0.6) is 0 Å². The molecule has 0 radical (unpaired) electrons. The highest BCUT2D eigenvalue weighted by molar-refractivity contribution is 7.90. The molecule has 14 aliphatic rings. The lowest BCUT2D eigenvalue weighted by Gasteiger charge is -2.56. The molecular weight excluding hydrogens is 2000 g/mol. The number of rotatable bonds is 24. The number of piperidine rings is 1. The summed E-state index contributed by atoms with van der Waals surface area (Å²) < 4.78 is 330. The van der Waals surface area contributed by atoms with Crippen LogP contribution in [0.1, 0.15) is 501 Å². The molecule has 1 aliphatic heterocycles. The molecule has 6 N–H and O–H groups in total. The third-order valence-corrected chi connectivity index (χ3v) is 41.2. The molecule has 0 aromatic heterocycles. The van der Waals surface area contributed by atoms with Crippen LogP contribution >= 0.6 is 0 Å². The Labute approximate surface area is 845 Å². The van der Waals surface area contributed by atoms with Crippen LogP contribution in [0.15, 0.2) is 74.2 Å². The molecule has 4 aromatic rings. The molecule has 23 nitrogen and oxygen atoms in total.